The average Bonchev–Trinajstić information content (AvgIpc) is 2.25. The average molecular weight is 235 g/mol. The minimum Gasteiger partial charge on any atom is -0.381 e. The molecule has 0 aromatic heterocycles. The first-order valence-corrected chi connectivity index (χ1v) is 5.41. The zero-order valence-electron chi connectivity index (χ0n) is 10.2. The van der Waals surface area contributed by atoms with Gasteiger partial charge in [0.2, 0.25) is 0 Å². The Labute approximate surface area is 101 Å². The molecular weight excluding hydrogens is 218 g/mol. The van der Waals surface area contributed by atoms with Crippen LogP contribution in [0.15, 0.2) is 30.3 Å². The molecule has 17 heavy (non-hydrogen) atoms. The van der Waals surface area contributed by atoms with Crippen LogP contribution < -0.4 is 5.32 Å². The molecule has 1 amide bonds. The summed E-state index contributed by atoms with van der Waals surface area (Å²) < 4.78 is 0. The van der Waals surface area contributed by atoms with Crippen molar-refractivity contribution in [3.8, 4) is 0 Å². The first kappa shape index (κ1) is 13.4. The molecular formula is C13H17NO3. The largest absolute Gasteiger partial charge is 0.381 e. The van der Waals surface area contributed by atoms with Gasteiger partial charge in [-0.05, 0) is 26.3 Å². The molecule has 0 saturated carbocycles. The number of nitrogens with one attached hydrogen (secondary N) is 1. The zero-order valence-corrected chi connectivity index (χ0v) is 10.2. The molecule has 4 heteroatoms. The smallest absolute Gasteiger partial charge is 0.252 e. The SMILES string of the molecule is CC(=O)[C@H](NC(=O)C(C)(C)O)c1ccccc1. The lowest BCUT2D eigenvalue weighted by molar-refractivity contribution is -0.139. The van der Waals surface area contributed by atoms with Crippen molar-refractivity contribution in [1.29, 1.82) is 0 Å². The van der Waals surface area contributed by atoms with E-state index in [9.17, 15) is 14.7 Å². The van der Waals surface area contributed by atoms with Gasteiger partial charge in [-0.3, -0.25) is 9.59 Å². The van der Waals surface area contributed by atoms with E-state index >= 15 is 0 Å². The molecule has 0 bridgehead atoms. The van der Waals surface area contributed by atoms with E-state index in [-0.39, 0.29) is 5.78 Å². The Morgan fingerprint density at radius 1 is 1.24 bits per heavy atom. The summed E-state index contributed by atoms with van der Waals surface area (Å²) in [4.78, 5) is 23.1. The number of ketones is 1. The first-order chi connectivity index (χ1) is 7.82. The van der Waals surface area contributed by atoms with Crippen molar-refractivity contribution in [2.24, 2.45) is 0 Å². The molecule has 0 fully saturated rings. The highest BCUT2D eigenvalue weighted by atomic mass is 16.3. The van der Waals surface area contributed by atoms with E-state index in [0.29, 0.717) is 5.56 Å². The Morgan fingerprint density at radius 3 is 2.18 bits per heavy atom. The fourth-order valence-corrected chi connectivity index (χ4v) is 1.37. The van der Waals surface area contributed by atoms with Crippen molar-refractivity contribution >= 4 is 11.7 Å². The van der Waals surface area contributed by atoms with Gasteiger partial charge in [0.05, 0.1) is 0 Å². The molecule has 0 aliphatic carbocycles. The van der Waals surface area contributed by atoms with Crippen LogP contribution in [0.1, 0.15) is 32.4 Å². The number of hydrogen-bond donors (Lipinski definition) is 2. The van der Waals surface area contributed by atoms with Gasteiger partial charge in [0.25, 0.3) is 5.91 Å². The molecule has 0 aliphatic heterocycles. The molecule has 4 nitrogen and oxygen atoms in total. The maximum atomic E-state index is 11.6. The van der Waals surface area contributed by atoms with E-state index in [4.69, 9.17) is 0 Å². The Kier molecular flexibility index (Phi) is 4.02. The summed E-state index contributed by atoms with van der Waals surface area (Å²) in [6.45, 7) is 4.16. The second-order valence-corrected chi connectivity index (χ2v) is 4.49. The highest BCUT2D eigenvalue weighted by molar-refractivity contribution is 5.91. The lowest BCUT2D eigenvalue weighted by atomic mass is 10.0. The molecule has 1 atom stereocenters. The van der Waals surface area contributed by atoms with Gasteiger partial charge in [-0.15, -0.1) is 0 Å². The minimum absolute atomic E-state index is 0.172. The molecule has 0 heterocycles. The van der Waals surface area contributed by atoms with Crippen molar-refractivity contribution in [1.82, 2.24) is 5.32 Å². The van der Waals surface area contributed by atoms with E-state index in [2.05, 4.69) is 5.32 Å². The lowest BCUT2D eigenvalue weighted by Crippen LogP contribution is -2.45. The van der Waals surface area contributed by atoms with Crippen molar-refractivity contribution in [3.05, 3.63) is 35.9 Å². The molecule has 1 aromatic carbocycles. The molecule has 0 aliphatic rings. The van der Waals surface area contributed by atoms with E-state index in [1.807, 2.05) is 6.07 Å². The number of benzene rings is 1. The van der Waals surface area contributed by atoms with Crippen LogP contribution >= 0.6 is 0 Å². The summed E-state index contributed by atoms with van der Waals surface area (Å²) in [7, 11) is 0. The monoisotopic (exact) mass is 235 g/mol. The summed E-state index contributed by atoms with van der Waals surface area (Å²) in [5.41, 5.74) is -0.791. The number of amides is 1. The minimum atomic E-state index is -1.50. The molecule has 0 saturated heterocycles. The summed E-state index contributed by atoms with van der Waals surface area (Å²) in [6.07, 6.45) is 0. The van der Waals surface area contributed by atoms with Crippen molar-refractivity contribution in [2.45, 2.75) is 32.4 Å². The van der Waals surface area contributed by atoms with Crippen LogP contribution in [0.3, 0.4) is 0 Å². The second-order valence-electron chi connectivity index (χ2n) is 4.49. The highest BCUT2D eigenvalue weighted by Crippen LogP contribution is 2.15. The predicted molar refractivity (Wildman–Crippen MR) is 64.3 cm³/mol. The van der Waals surface area contributed by atoms with E-state index in [1.165, 1.54) is 20.8 Å². The second kappa shape index (κ2) is 5.10. The Balaban J connectivity index is 2.90. The molecule has 1 rings (SSSR count). The summed E-state index contributed by atoms with van der Waals surface area (Å²) >= 11 is 0. The number of rotatable bonds is 4. The molecule has 0 spiro atoms. The van der Waals surface area contributed by atoms with Crippen LogP contribution in [0.4, 0.5) is 0 Å². The van der Waals surface area contributed by atoms with Crippen molar-refractivity contribution in [2.75, 3.05) is 0 Å². The third-order valence-electron chi connectivity index (χ3n) is 2.37. The van der Waals surface area contributed by atoms with E-state index in [0.717, 1.165) is 0 Å². The van der Waals surface area contributed by atoms with Crippen molar-refractivity contribution in [3.63, 3.8) is 0 Å². The van der Waals surface area contributed by atoms with E-state index in [1.54, 1.807) is 24.3 Å². The fraction of sp³-hybridized carbons (Fsp3) is 0.385. The number of hydrogen-bond acceptors (Lipinski definition) is 3. The van der Waals surface area contributed by atoms with Gasteiger partial charge in [-0.25, -0.2) is 0 Å². The maximum absolute atomic E-state index is 11.6. The van der Waals surface area contributed by atoms with Gasteiger partial charge in [0.15, 0.2) is 5.78 Å². The third kappa shape index (κ3) is 3.67. The third-order valence-corrected chi connectivity index (χ3v) is 2.37. The quantitative estimate of drug-likeness (QED) is 0.824. The molecule has 0 radical (unpaired) electrons. The Hall–Kier alpha value is -1.68. The standard InChI is InChI=1S/C13H17NO3/c1-9(15)11(10-7-5-4-6-8-10)14-12(16)13(2,3)17/h4-8,11,17H,1-3H3,(H,14,16)/t11-/m0/s1. The maximum Gasteiger partial charge on any atom is 0.252 e. The molecule has 92 valence electrons. The van der Waals surface area contributed by atoms with Gasteiger partial charge in [0, 0.05) is 0 Å². The van der Waals surface area contributed by atoms with E-state index < -0.39 is 17.6 Å². The van der Waals surface area contributed by atoms with Gasteiger partial charge < -0.3 is 10.4 Å². The van der Waals surface area contributed by atoms with Gasteiger partial charge in [0.1, 0.15) is 11.6 Å². The summed E-state index contributed by atoms with van der Waals surface area (Å²) in [5, 5.41) is 12.1. The van der Waals surface area contributed by atoms with Gasteiger partial charge >= 0.3 is 0 Å². The van der Waals surface area contributed by atoms with Crippen LogP contribution in [-0.2, 0) is 9.59 Å². The number of carbonyl (C=O) groups excluding carboxylic acids is 2. The zero-order chi connectivity index (χ0) is 13.1. The summed E-state index contributed by atoms with van der Waals surface area (Å²) in [6, 6.07) is 8.23. The molecule has 1 aromatic rings. The van der Waals surface area contributed by atoms with Crippen LogP contribution in [0.25, 0.3) is 0 Å². The fourth-order valence-electron chi connectivity index (χ4n) is 1.37. The highest BCUT2D eigenvalue weighted by Gasteiger charge is 2.28. The molecule has 0 unspecified atom stereocenters. The first-order valence-electron chi connectivity index (χ1n) is 5.41. The topological polar surface area (TPSA) is 66.4 Å². The lowest BCUT2D eigenvalue weighted by Gasteiger charge is -2.22. The van der Waals surface area contributed by atoms with Crippen molar-refractivity contribution < 1.29 is 14.7 Å². The number of carbonyl (C=O) groups is 2. The number of aliphatic hydroxyl groups is 1. The van der Waals surface area contributed by atoms with Gasteiger partial charge in [-0.2, -0.15) is 0 Å². The molecule has 2 N–H and O–H groups in total. The summed E-state index contributed by atoms with van der Waals surface area (Å²) in [5.74, 6) is -0.740. The number of Topliss-reactive ketones (excluding diaryl/α,β-unsaturated/α-hetero) is 1. The van der Waals surface area contributed by atoms with Crippen LogP contribution in [0.5, 0.6) is 0 Å². The van der Waals surface area contributed by atoms with Gasteiger partial charge in [-0.1, -0.05) is 30.3 Å². The normalized spacial score (nSPS) is 12.9. The Morgan fingerprint density at radius 2 is 1.76 bits per heavy atom. The van der Waals surface area contributed by atoms with Crippen LogP contribution in [0, 0.1) is 0 Å². The van der Waals surface area contributed by atoms with Crippen LogP contribution in [0.2, 0.25) is 0 Å². The Bertz CT molecular complexity index is 406. The predicted octanol–water partition coefficient (Wildman–Crippen LogP) is 1.20. The van der Waals surface area contributed by atoms with Crippen LogP contribution in [-0.4, -0.2) is 22.4 Å².